The summed E-state index contributed by atoms with van der Waals surface area (Å²) in [5, 5.41) is 10.4. The number of ketones is 1. The third kappa shape index (κ3) is 1.99. The molecule has 5 aliphatic carbocycles. The quantitative estimate of drug-likeness (QED) is 0.658. The van der Waals surface area contributed by atoms with E-state index in [9.17, 15) is 19.5 Å². The van der Waals surface area contributed by atoms with Crippen LogP contribution in [0.1, 0.15) is 65.7 Å². The van der Waals surface area contributed by atoms with Crippen LogP contribution >= 0.6 is 0 Å². The van der Waals surface area contributed by atoms with E-state index in [1.165, 1.54) is 0 Å². The fourth-order valence-corrected chi connectivity index (χ4v) is 9.68. The smallest absolute Gasteiger partial charge is 0.307 e. The van der Waals surface area contributed by atoms with Gasteiger partial charge in [-0.2, -0.15) is 0 Å². The molecule has 3 unspecified atom stereocenters. The molecule has 162 valence electrons. The van der Waals surface area contributed by atoms with Gasteiger partial charge in [-0.25, -0.2) is 0 Å². The number of esters is 1. The molecule has 5 nitrogen and oxygen atoms in total. The molecular weight excluding hydrogens is 380 g/mol. The van der Waals surface area contributed by atoms with Gasteiger partial charge in [0.1, 0.15) is 5.60 Å². The highest BCUT2D eigenvalue weighted by Gasteiger charge is 2.80. The number of carboxylic acids is 1. The molecule has 0 aromatic rings. The van der Waals surface area contributed by atoms with E-state index in [0.717, 1.165) is 37.7 Å². The molecule has 0 bridgehead atoms. The molecule has 5 heteroatoms. The van der Waals surface area contributed by atoms with Crippen molar-refractivity contribution in [3.05, 3.63) is 11.6 Å². The average Bonchev–Trinajstić information content (AvgIpc) is 3.31. The van der Waals surface area contributed by atoms with Crippen molar-refractivity contribution in [2.24, 2.45) is 52.3 Å². The van der Waals surface area contributed by atoms with Gasteiger partial charge in [0.05, 0.1) is 5.92 Å². The SMILES string of the molecule is C[C@@H]1C2=CC(=O)CC[C@]2(C)C2CC[C@@]3(C)C(C2[C@@H]1C(=O)O)[C@@H]1C[C@@H]1[C@]31CCC(=O)O1. The van der Waals surface area contributed by atoms with Crippen LogP contribution in [0.25, 0.3) is 0 Å². The first-order valence-electron chi connectivity index (χ1n) is 11.8. The van der Waals surface area contributed by atoms with Gasteiger partial charge in [0.25, 0.3) is 0 Å². The molecule has 1 N–H and O–H groups in total. The topological polar surface area (TPSA) is 80.7 Å². The zero-order valence-corrected chi connectivity index (χ0v) is 18.1. The van der Waals surface area contributed by atoms with E-state index in [0.29, 0.717) is 36.5 Å². The van der Waals surface area contributed by atoms with Crippen LogP contribution in [0.3, 0.4) is 0 Å². The summed E-state index contributed by atoms with van der Waals surface area (Å²) in [7, 11) is 0. The Hall–Kier alpha value is -1.65. The second kappa shape index (κ2) is 5.58. The molecule has 1 spiro atoms. The maximum Gasteiger partial charge on any atom is 0.307 e. The largest absolute Gasteiger partial charge is 0.481 e. The summed E-state index contributed by atoms with van der Waals surface area (Å²) in [6.07, 6.45) is 7.56. The van der Waals surface area contributed by atoms with Crippen molar-refractivity contribution in [3.63, 3.8) is 0 Å². The van der Waals surface area contributed by atoms with Gasteiger partial charge in [-0.1, -0.05) is 26.3 Å². The van der Waals surface area contributed by atoms with E-state index in [1.807, 2.05) is 6.92 Å². The number of hydrogen-bond donors (Lipinski definition) is 1. The van der Waals surface area contributed by atoms with Crippen LogP contribution in [0.5, 0.6) is 0 Å². The first-order valence-corrected chi connectivity index (χ1v) is 11.8. The monoisotopic (exact) mass is 412 g/mol. The number of carbonyl (C=O) groups is 3. The Labute approximate surface area is 177 Å². The minimum absolute atomic E-state index is 0.0700. The fourth-order valence-electron chi connectivity index (χ4n) is 9.68. The number of rotatable bonds is 1. The van der Waals surface area contributed by atoms with Crippen molar-refractivity contribution in [1.82, 2.24) is 0 Å². The molecular formula is C25H32O5. The predicted molar refractivity (Wildman–Crippen MR) is 108 cm³/mol. The fraction of sp³-hybridized carbons (Fsp3) is 0.800. The maximum absolute atomic E-state index is 12.7. The van der Waals surface area contributed by atoms with Crippen molar-refractivity contribution in [3.8, 4) is 0 Å². The Morgan fingerprint density at radius 1 is 1.13 bits per heavy atom. The highest BCUT2D eigenvalue weighted by Crippen LogP contribution is 2.80. The molecule has 6 rings (SSSR count). The van der Waals surface area contributed by atoms with E-state index < -0.39 is 11.9 Å². The number of ether oxygens (including phenoxy) is 1. The maximum atomic E-state index is 12.7. The summed E-state index contributed by atoms with van der Waals surface area (Å²) < 4.78 is 6.14. The summed E-state index contributed by atoms with van der Waals surface area (Å²) in [6.45, 7) is 6.64. The van der Waals surface area contributed by atoms with Crippen LogP contribution in [-0.4, -0.2) is 28.4 Å². The lowest BCUT2D eigenvalue weighted by atomic mass is 9.41. The van der Waals surface area contributed by atoms with Gasteiger partial charge in [0.15, 0.2) is 5.78 Å². The summed E-state index contributed by atoms with van der Waals surface area (Å²) in [4.78, 5) is 37.1. The van der Waals surface area contributed by atoms with Crippen LogP contribution in [0, 0.1) is 52.3 Å². The zero-order valence-electron chi connectivity index (χ0n) is 18.1. The van der Waals surface area contributed by atoms with Gasteiger partial charge >= 0.3 is 11.9 Å². The lowest BCUT2D eigenvalue weighted by Gasteiger charge is -2.63. The molecule has 1 aliphatic heterocycles. The van der Waals surface area contributed by atoms with E-state index in [1.54, 1.807) is 6.08 Å². The average molecular weight is 413 g/mol. The third-order valence-electron chi connectivity index (χ3n) is 10.9. The van der Waals surface area contributed by atoms with E-state index in [4.69, 9.17) is 4.74 Å². The number of fused-ring (bicyclic) bond motifs is 9. The third-order valence-corrected chi connectivity index (χ3v) is 10.9. The van der Waals surface area contributed by atoms with Crippen molar-refractivity contribution < 1.29 is 24.2 Å². The predicted octanol–water partition coefficient (Wildman–Crippen LogP) is 4.01. The molecule has 6 aliphatic rings. The summed E-state index contributed by atoms with van der Waals surface area (Å²) in [6, 6.07) is 0. The molecule has 5 fully saturated rings. The van der Waals surface area contributed by atoms with Crippen LogP contribution in [0.2, 0.25) is 0 Å². The van der Waals surface area contributed by atoms with Crippen molar-refractivity contribution in [1.29, 1.82) is 0 Å². The Kier molecular flexibility index (Phi) is 3.54. The second-order valence-electron chi connectivity index (χ2n) is 11.7. The number of hydrogen-bond acceptors (Lipinski definition) is 4. The van der Waals surface area contributed by atoms with Crippen LogP contribution < -0.4 is 0 Å². The van der Waals surface area contributed by atoms with Gasteiger partial charge in [0.2, 0.25) is 0 Å². The van der Waals surface area contributed by atoms with Gasteiger partial charge in [-0.3, -0.25) is 14.4 Å². The molecule has 0 aromatic heterocycles. The standard InChI is InChI=1S/C25H32O5/c1-12-16-10-13(26)4-7-23(16,2)15-5-8-24(3)21(20(15)19(12)22(28)29)14-11-17(14)25(24)9-6-18(27)30-25/h10,12,14-15,17,19-21H,4-9,11H2,1-3H3,(H,28,29)/t12-,14-,15?,17+,19-,20?,21?,23-,24+,25-/m1/s1. The highest BCUT2D eigenvalue weighted by molar-refractivity contribution is 5.92. The van der Waals surface area contributed by atoms with Gasteiger partial charge < -0.3 is 9.84 Å². The summed E-state index contributed by atoms with van der Waals surface area (Å²) >= 11 is 0. The normalized spacial score (nSPS) is 55.8. The van der Waals surface area contributed by atoms with E-state index in [2.05, 4.69) is 13.8 Å². The Bertz CT molecular complexity index is 905. The molecule has 30 heavy (non-hydrogen) atoms. The molecule has 0 aromatic carbocycles. The molecule has 0 amide bonds. The number of aliphatic carboxylic acids is 1. The molecule has 10 atom stereocenters. The first-order chi connectivity index (χ1) is 14.1. The Morgan fingerprint density at radius 2 is 1.90 bits per heavy atom. The van der Waals surface area contributed by atoms with E-state index >= 15 is 0 Å². The molecule has 1 heterocycles. The lowest BCUT2D eigenvalue weighted by Crippen LogP contribution is -2.61. The number of carbonyl (C=O) groups excluding carboxylic acids is 2. The Morgan fingerprint density at radius 3 is 2.57 bits per heavy atom. The summed E-state index contributed by atoms with van der Waals surface area (Å²) in [5.41, 5.74) is 0.514. The van der Waals surface area contributed by atoms with Crippen molar-refractivity contribution in [2.45, 2.75) is 71.3 Å². The zero-order chi connectivity index (χ0) is 21.2. The Balaban J connectivity index is 1.49. The number of allylic oxidation sites excluding steroid dienone is 1. The lowest BCUT2D eigenvalue weighted by molar-refractivity contribution is -0.188. The van der Waals surface area contributed by atoms with Crippen LogP contribution in [-0.2, 0) is 19.1 Å². The van der Waals surface area contributed by atoms with E-state index in [-0.39, 0.29) is 40.0 Å². The number of carboxylic acid groups (broad SMARTS) is 1. The van der Waals surface area contributed by atoms with Crippen molar-refractivity contribution >= 4 is 17.7 Å². The molecule has 4 saturated carbocycles. The summed E-state index contributed by atoms with van der Waals surface area (Å²) in [5.74, 6) is 0.370. The van der Waals surface area contributed by atoms with Crippen LogP contribution in [0.4, 0.5) is 0 Å². The minimum Gasteiger partial charge on any atom is -0.481 e. The molecule has 0 radical (unpaired) electrons. The first kappa shape index (κ1) is 19.1. The van der Waals surface area contributed by atoms with Crippen molar-refractivity contribution in [2.75, 3.05) is 0 Å². The highest BCUT2D eigenvalue weighted by atomic mass is 16.6. The van der Waals surface area contributed by atoms with Crippen LogP contribution in [0.15, 0.2) is 11.6 Å². The van der Waals surface area contributed by atoms with Gasteiger partial charge in [-0.15, -0.1) is 0 Å². The second-order valence-corrected chi connectivity index (χ2v) is 11.7. The minimum atomic E-state index is -0.718. The molecule has 1 saturated heterocycles. The van der Waals surface area contributed by atoms with Gasteiger partial charge in [-0.05, 0) is 73.2 Å². The van der Waals surface area contributed by atoms with Gasteiger partial charge in [0, 0.05) is 24.2 Å².